The fraction of sp³-hybridized carbons (Fsp3) is 0. The van der Waals surface area contributed by atoms with Crippen molar-refractivity contribution >= 4 is 7.54 Å². The molecule has 0 nitrogen and oxygen atoms in total. The summed E-state index contributed by atoms with van der Waals surface area (Å²) in [5.41, 5.74) is 0. The van der Waals surface area contributed by atoms with Crippen LogP contribution in [0.5, 0.6) is 0 Å². The molecule has 0 aromatic rings. The van der Waals surface area contributed by atoms with Crippen molar-refractivity contribution in [3.8, 4) is 0 Å². The fourth-order valence-electron chi connectivity index (χ4n) is 0. The fourth-order valence-corrected chi connectivity index (χ4v) is 0. The van der Waals surface area contributed by atoms with Gasteiger partial charge in [-0.25, -0.2) is 0 Å². The molecule has 0 saturated heterocycles. The first kappa shape index (κ1) is 9.70. The van der Waals surface area contributed by atoms with Crippen LogP contribution in [-0.4, -0.2) is 7.54 Å². The SMILES string of the molecule is FB(F)F.[H-].[K+]. The maximum absolute atomic E-state index is 9.67. The third-order valence-corrected chi connectivity index (χ3v) is 0. The molecule has 0 aliphatic carbocycles. The van der Waals surface area contributed by atoms with Crippen LogP contribution in [0.1, 0.15) is 1.43 Å². The monoisotopic (exact) mass is 108 g/mol. The molecule has 0 spiro atoms. The minimum atomic E-state index is -3.67. The van der Waals surface area contributed by atoms with Crippen molar-refractivity contribution in [2.45, 2.75) is 0 Å². The summed E-state index contributed by atoms with van der Waals surface area (Å²) in [6.07, 6.45) is 0. The third kappa shape index (κ3) is 30.1. The standard InChI is InChI=1S/BF3.K.H/c2-1(3)4;;/q;+1;-1. The molecular formula is HBF3K. The normalized spacial score (nSPS) is 5.40. The predicted molar refractivity (Wildman–Crippen MR) is 10.2 cm³/mol. The minimum absolute atomic E-state index is 0. The smallest absolute Gasteiger partial charge is 1.00 e. The van der Waals surface area contributed by atoms with Gasteiger partial charge in [0.05, 0.1) is 0 Å². The molecule has 0 radical (unpaired) electrons. The van der Waals surface area contributed by atoms with E-state index in [1.807, 2.05) is 0 Å². The molecule has 0 N–H and O–H groups in total. The topological polar surface area (TPSA) is 0 Å². The Hall–Kier alpha value is 1.49. The van der Waals surface area contributed by atoms with Crippen LogP contribution >= 0.6 is 0 Å². The Morgan fingerprint density at radius 1 is 1.20 bits per heavy atom. The summed E-state index contributed by atoms with van der Waals surface area (Å²) in [5.74, 6) is 0. The van der Waals surface area contributed by atoms with Crippen LogP contribution in [0.2, 0.25) is 0 Å². The van der Waals surface area contributed by atoms with E-state index in [1.165, 1.54) is 0 Å². The van der Waals surface area contributed by atoms with Crippen LogP contribution in [-0.2, 0) is 0 Å². The summed E-state index contributed by atoms with van der Waals surface area (Å²) in [4.78, 5) is 0. The van der Waals surface area contributed by atoms with Gasteiger partial charge in [0.1, 0.15) is 0 Å². The molecule has 0 rings (SSSR count). The molecule has 0 fully saturated rings. The van der Waals surface area contributed by atoms with E-state index in [-0.39, 0.29) is 52.8 Å². The Labute approximate surface area is 72.2 Å². The van der Waals surface area contributed by atoms with E-state index in [0.717, 1.165) is 0 Å². The molecule has 0 heterocycles. The zero-order valence-corrected chi connectivity index (χ0v) is 5.83. The molecule has 26 valence electrons. The number of hydrogen-bond donors (Lipinski definition) is 0. The Morgan fingerprint density at radius 2 is 1.20 bits per heavy atom. The number of hydrogen-bond acceptors (Lipinski definition) is 0. The van der Waals surface area contributed by atoms with Crippen molar-refractivity contribution in [1.82, 2.24) is 0 Å². The van der Waals surface area contributed by atoms with Crippen LogP contribution in [0.25, 0.3) is 0 Å². The molecule has 0 atom stereocenters. The maximum Gasteiger partial charge on any atom is 1.00 e. The average molecular weight is 108 g/mol. The molecule has 0 aliphatic rings. The van der Waals surface area contributed by atoms with Crippen LogP contribution < -0.4 is 51.4 Å². The van der Waals surface area contributed by atoms with Crippen molar-refractivity contribution in [3.63, 3.8) is 0 Å². The molecular weight excluding hydrogens is 107 g/mol. The zero-order valence-electron chi connectivity index (χ0n) is 3.71. The van der Waals surface area contributed by atoms with Gasteiger partial charge in [0.25, 0.3) is 0 Å². The summed E-state index contributed by atoms with van der Waals surface area (Å²) in [6, 6.07) is 0. The van der Waals surface area contributed by atoms with Gasteiger partial charge in [-0.15, -0.1) is 0 Å². The van der Waals surface area contributed by atoms with E-state index in [0.29, 0.717) is 0 Å². The van der Waals surface area contributed by atoms with Crippen LogP contribution in [0.3, 0.4) is 0 Å². The van der Waals surface area contributed by atoms with Gasteiger partial charge in [0.2, 0.25) is 0 Å². The first-order valence-corrected chi connectivity index (χ1v) is 0.655. The van der Waals surface area contributed by atoms with Crippen molar-refractivity contribution < 1.29 is 65.8 Å². The maximum atomic E-state index is 9.67. The first-order chi connectivity index (χ1) is 1.73. The summed E-state index contributed by atoms with van der Waals surface area (Å²) in [6.45, 7) is 0. The number of halogens is 3. The molecule has 0 bridgehead atoms. The average Bonchev–Trinajstić information content (AvgIpc) is 0.811. The van der Waals surface area contributed by atoms with Crippen LogP contribution in [0.15, 0.2) is 0 Å². The van der Waals surface area contributed by atoms with Gasteiger partial charge in [-0.2, -0.15) is 0 Å². The quantitative estimate of drug-likeness (QED) is 0.315. The van der Waals surface area contributed by atoms with E-state index >= 15 is 0 Å². The Bertz CT molecular complexity index is 15.5. The van der Waals surface area contributed by atoms with Crippen molar-refractivity contribution in [2.24, 2.45) is 0 Å². The van der Waals surface area contributed by atoms with Gasteiger partial charge in [-0.3, -0.25) is 12.9 Å². The summed E-state index contributed by atoms with van der Waals surface area (Å²) in [5, 5.41) is 0. The molecule has 0 aromatic heterocycles. The Morgan fingerprint density at radius 3 is 1.20 bits per heavy atom. The van der Waals surface area contributed by atoms with Crippen molar-refractivity contribution in [2.75, 3.05) is 0 Å². The van der Waals surface area contributed by atoms with Gasteiger partial charge in [0, 0.05) is 0 Å². The Kier molecular flexibility index (Phi) is 10.7. The molecule has 5 heavy (non-hydrogen) atoms. The van der Waals surface area contributed by atoms with E-state index in [9.17, 15) is 12.9 Å². The van der Waals surface area contributed by atoms with Gasteiger partial charge in [-0.1, -0.05) is 0 Å². The molecule has 0 aliphatic heterocycles. The predicted octanol–water partition coefficient (Wildman–Crippen LogP) is -2.00. The largest absolute Gasteiger partial charge is 1.00 e. The molecule has 0 aromatic carbocycles. The van der Waals surface area contributed by atoms with Crippen molar-refractivity contribution in [1.29, 1.82) is 0 Å². The molecule has 0 unspecified atom stereocenters. The third-order valence-electron chi connectivity index (χ3n) is 0. The van der Waals surface area contributed by atoms with E-state index in [1.54, 1.807) is 0 Å². The molecule has 5 heteroatoms. The van der Waals surface area contributed by atoms with Gasteiger partial charge in [0.15, 0.2) is 0 Å². The second kappa shape index (κ2) is 5.49. The van der Waals surface area contributed by atoms with Crippen LogP contribution in [0.4, 0.5) is 12.9 Å². The molecule has 0 saturated carbocycles. The van der Waals surface area contributed by atoms with E-state index in [2.05, 4.69) is 0 Å². The number of rotatable bonds is 0. The van der Waals surface area contributed by atoms with Gasteiger partial charge >= 0.3 is 58.9 Å². The van der Waals surface area contributed by atoms with E-state index in [4.69, 9.17) is 0 Å². The van der Waals surface area contributed by atoms with E-state index < -0.39 is 7.54 Å². The van der Waals surface area contributed by atoms with Crippen LogP contribution in [0, 0.1) is 0 Å². The summed E-state index contributed by atoms with van der Waals surface area (Å²) >= 11 is 0. The Balaban J connectivity index is -0.0000000450. The molecule has 0 amide bonds. The summed E-state index contributed by atoms with van der Waals surface area (Å²) in [7, 11) is -3.67. The second-order valence-electron chi connectivity index (χ2n) is 0.247. The van der Waals surface area contributed by atoms with Gasteiger partial charge < -0.3 is 1.43 Å². The van der Waals surface area contributed by atoms with Crippen molar-refractivity contribution in [3.05, 3.63) is 0 Å². The second-order valence-corrected chi connectivity index (χ2v) is 0.247. The summed E-state index contributed by atoms with van der Waals surface area (Å²) < 4.78 is 29.0. The zero-order chi connectivity index (χ0) is 3.58. The first-order valence-electron chi connectivity index (χ1n) is 0.655. The van der Waals surface area contributed by atoms with Gasteiger partial charge in [-0.05, 0) is 0 Å². The minimum Gasteiger partial charge on any atom is -1.00 e.